The highest BCUT2D eigenvalue weighted by Crippen LogP contribution is 2.24. The van der Waals surface area contributed by atoms with Gasteiger partial charge in [-0.15, -0.1) is 0 Å². The Morgan fingerprint density at radius 2 is 2.21 bits per heavy atom. The molecule has 8 nitrogen and oxygen atoms in total. The number of methoxy groups -OCH3 is 1. The van der Waals surface area contributed by atoms with Crippen LogP contribution in [0.3, 0.4) is 0 Å². The first-order chi connectivity index (χ1) is 11.5. The van der Waals surface area contributed by atoms with Gasteiger partial charge >= 0.3 is 0 Å². The molecule has 8 heteroatoms. The number of aromatic hydroxyl groups is 1. The summed E-state index contributed by atoms with van der Waals surface area (Å²) in [5.41, 5.74) is 0.590. The van der Waals surface area contributed by atoms with Crippen molar-refractivity contribution >= 4 is 22.6 Å². The number of anilines is 1. The van der Waals surface area contributed by atoms with Gasteiger partial charge < -0.3 is 19.7 Å². The molecule has 0 unspecified atom stereocenters. The summed E-state index contributed by atoms with van der Waals surface area (Å²) in [6.07, 6.45) is 1.46. The maximum absolute atomic E-state index is 12.2. The second kappa shape index (κ2) is 6.07. The molecule has 3 N–H and O–H groups in total. The predicted molar refractivity (Wildman–Crippen MR) is 88.4 cm³/mol. The van der Waals surface area contributed by atoms with E-state index in [2.05, 4.69) is 15.5 Å². The summed E-state index contributed by atoms with van der Waals surface area (Å²) in [6, 6.07) is 6.56. The Balaban J connectivity index is 1.80. The number of carbonyl (C=O) groups is 1. The number of aromatic amines is 1. The summed E-state index contributed by atoms with van der Waals surface area (Å²) in [5.74, 6) is 0.400. The van der Waals surface area contributed by atoms with Crippen LogP contribution in [0.25, 0.3) is 10.9 Å². The second-order valence-electron chi connectivity index (χ2n) is 5.27. The van der Waals surface area contributed by atoms with Gasteiger partial charge in [-0.2, -0.15) is 5.10 Å². The van der Waals surface area contributed by atoms with Crippen LogP contribution < -0.4 is 15.5 Å². The van der Waals surface area contributed by atoms with E-state index in [-0.39, 0.29) is 18.2 Å². The van der Waals surface area contributed by atoms with Gasteiger partial charge in [-0.25, -0.2) is 0 Å². The number of benzene rings is 1. The molecular formula is C16H16N4O4. The molecule has 0 saturated heterocycles. The van der Waals surface area contributed by atoms with E-state index in [9.17, 15) is 14.7 Å². The number of carbonyl (C=O) groups excluding carboxylic acids is 1. The van der Waals surface area contributed by atoms with Crippen LogP contribution in [0.1, 0.15) is 5.69 Å². The highest BCUT2D eigenvalue weighted by molar-refractivity contribution is 5.99. The first-order valence-corrected chi connectivity index (χ1v) is 7.20. The molecule has 0 saturated carbocycles. The summed E-state index contributed by atoms with van der Waals surface area (Å²) < 4.78 is 6.63. The summed E-state index contributed by atoms with van der Waals surface area (Å²) >= 11 is 0. The minimum atomic E-state index is -0.476. The van der Waals surface area contributed by atoms with Crippen LogP contribution in [-0.2, 0) is 11.3 Å². The number of H-pyrrole nitrogens is 1. The van der Waals surface area contributed by atoms with Crippen molar-refractivity contribution in [3.05, 3.63) is 46.4 Å². The lowest BCUT2D eigenvalue weighted by Crippen LogP contribution is -2.21. The van der Waals surface area contributed by atoms with Crippen molar-refractivity contribution in [1.82, 2.24) is 14.8 Å². The molecule has 0 aliphatic carbocycles. The van der Waals surface area contributed by atoms with E-state index in [1.54, 1.807) is 32.2 Å². The summed E-state index contributed by atoms with van der Waals surface area (Å²) in [5, 5.41) is 20.0. The maximum atomic E-state index is 12.2. The molecule has 2 aromatic heterocycles. The number of fused-ring (bicyclic) bond motifs is 1. The van der Waals surface area contributed by atoms with Crippen LogP contribution in [0.2, 0.25) is 0 Å². The lowest BCUT2D eigenvalue weighted by atomic mass is 10.2. The summed E-state index contributed by atoms with van der Waals surface area (Å²) in [6.45, 7) is 1.52. The zero-order valence-electron chi connectivity index (χ0n) is 13.2. The molecule has 0 spiro atoms. The highest BCUT2D eigenvalue weighted by atomic mass is 16.5. The number of nitrogens with zero attached hydrogens (tertiary/aromatic N) is 2. The van der Waals surface area contributed by atoms with E-state index in [0.29, 0.717) is 17.3 Å². The third kappa shape index (κ3) is 2.81. The number of rotatable bonds is 4. The fourth-order valence-electron chi connectivity index (χ4n) is 2.38. The quantitative estimate of drug-likeness (QED) is 0.670. The van der Waals surface area contributed by atoms with Crippen molar-refractivity contribution in [3.63, 3.8) is 0 Å². The fraction of sp³-hybridized carbons (Fsp3) is 0.188. The fourth-order valence-corrected chi connectivity index (χ4v) is 2.38. The van der Waals surface area contributed by atoms with E-state index >= 15 is 0 Å². The van der Waals surface area contributed by atoms with Crippen molar-refractivity contribution in [1.29, 1.82) is 0 Å². The molecule has 2 heterocycles. The Labute approximate surface area is 136 Å². The van der Waals surface area contributed by atoms with Gasteiger partial charge in [-0.3, -0.25) is 14.7 Å². The van der Waals surface area contributed by atoms with Crippen LogP contribution >= 0.6 is 0 Å². The Kier molecular flexibility index (Phi) is 3.95. The Morgan fingerprint density at radius 1 is 1.42 bits per heavy atom. The van der Waals surface area contributed by atoms with Gasteiger partial charge in [0.05, 0.1) is 18.3 Å². The SMILES string of the molecule is COc1ccc2c(NC(=O)Cn3ccc(=O)c(O)c3C)n[nH]c2c1. The highest BCUT2D eigenvalue weighted by Gasteiger charge is 2.12. The molecule has 0 atom stereocenters. The number of hydrogen-bond acceptors (Lipinski definition) is 5. The third-order valence-electron chi connectivity index (χ3n) is 3.75. The lowest BCUT2D eigenvalue weighted by Gasteiger charge is -2.11. The minimum absolute atomic E-state index is 0.0514. The number of ether oxygens (including phenoxy) is 1. The second-order valence-corrected chi connectivity index (χ2v) is 5.27. The van der Waals surface area contributed by atoms with Gasteiger partial charge in [-0.1, -0.05) is 0 Å². The van der Waals surface area contributed by atoms with E-state index in [0.717, 1.165) is 10.9 Å². The van der Waals surface area contributed by atoms with Crippen molar-refractivity contribution in [3.8, 4) is 11.5 Å². The van der Waals surface area contributed by atoms with Crippen molar-refractivity contribution < 1.29 is 14.6 Å². The third-order valence-corrected chi connectivity index (χ3v) is 3.75. The molecule has 0 aliphatic rings. The molecule has 1 aromatic carbocycles. The molecule has 0 radical (unpaired) electrons. The van der Waals surface area contributed by atoms with Gasteiger partial charge in [-0.05, 0) is 19.1 Å². The van der Waals surface area contributed by atoms with Gasteiger partial charge in [0.25, 0.3) is 0 Å². The molecule has 0 fully saturated rings. The predicted octanol–water partition coefficient (Wildman–Crippen LogP) is 1.39. The summed E-state index contributed by atoms with van der Waals surface area (Å²) in [7, 11) is 1.57. The molecular weight excluding hydrogens is 312 g/mol. The van der Waals surface area contributed by atoms with E-state index in [1.807, 2.05) is 0 Å². The van der Waals surface area contributed by atoms with Crippen molar-refractivity contribution in [2.75, 3.05) is 12.4 Å². The average Bonchev–Trinajstić information content (AvgIpc) is 2.97. The number of nitrogens with one attached hydrogen (secondary N) is 2. The summed E-state index contributed by atoms with van der Waals surface area (Å²) in [4.78, 5) is 23.6. The maximum Gasteiger partial charge on any atom is 0.245 e. The molecule has 124 valence electrons. The number of amides is 1. The Morgan fingerprint density at radius 3 is 2.96 bits per heavy atom. The molecule has 1 amide bonds. The van der Waals surface area contributed by atoms with E-state index in [1.165, 1.54) is 16.8 Å². The minimum Gasteiger partial charge on any atom is -0.503 e. The first-order valence-electron chi connectivity index (χ1n) is 7.20. The van der Waals surface area contributed by atoms with Gasteiger partial charge in [0.2, 0.25) is 11.3 Å². The molecule has 3 rings (SSSR count). The topological polar surface area (TPSA) is 109 Å². The van der Waals surface area contributed by atoms with Crippen LogP contribution in [0.4, 0.5) is 5.82 Å². The zero-order valence-corrected chi connectivity index (χ0v) is 13.2. The van der Waals surface area contributed by atoms with Crippen molar-refractivity contribution in [2.45, 2.75) is 13.5 Å². The van der Waals surface area contributed by atoms with Crippen LogP contribution in [-0.4, -0.2) is 32.9 Å². The average molecular weight is 328 g/mol. The Hall–Kier alpha value is -3.29. The van der Waals surface area contributed by atoms with Gasteiger partial charge in [0.1, 0.15) is 12.3 Å². The smallest absolute Gasteiger partial charge is 0.245 e. The van der Waals surface area contributed by atoms with Crippen LogP contribution in [0.15, 0.2) is 35.3 Å². The molecule has 0 bridgehead atoms. The number of aromatic nitrogens is 3. The van der Waals surface area contributed by atoms with Crippen LogP contribution in [0.5, 0.6) is 11.5 Å². The van der Waals surface area contributed by atoms with Crippen molar-refractivity contribution in [2.24, 2.45) is 0 Å². The monoisotopic (exact) mass is 328 g/mol. The largest absolute Gasteiger partial charge is 0.503 e. The molecule has 3 aromatic rings. The number of hydrogen-bond donors (Lipinski definition) is 3. The van der Waals surface area contributed by atoms with Gasteiger partial charge in [0, 0.05) is 23.7 Å². The molecule has 0 aliphatic heterocycles. The first kappa shape index (κ1) is 15.6. The van der Waals surface area contributed by atoms with E-state index < -0.39 is 5.43 Å². The standard InChI is InChI=1S/C16H16N4O4/c1-9-15(23)13(21)5-6-20(9)8-14(22)17-16-11-4-3-10(24-2)7-12(11)18-19-16/h3-7,23H,8H2,1-2H3,(H2,17,18,19,22). The molecule has 24 heavy (non-hydrogen) atoms. The Bertz CT molecular complexity index is 974. The van der Waals surface area contributed by atoms with Crippen LogP contribution in [0, 0.1) is 6.92 Å². The lowest BCUT2D eigenvalue weighted by molar-refractivity contribution is -0.116. The normalized spacial score (nSPS) is 10.8. The van der Waals surface area contributed by atoms with Gasteiger partial charge in [0.15, 0.2) is 11.6 Å². The zero-order chi connectivity index (χ0) is 17.3. The number of pyridine rings is 1. The van der Waals surface area contributed by atoms with E-state index in [4.69, 9.17) is 4.74 Å².